The molecule has 0 atom stereocenters. The number of hydrogen-bond donors (Lipinski definition) is 1. The summed E-state index contributed by atoms with van der Waals surface area (Å²) in [4.78, 5) is 11.5. The van der Waals surface area contributed by atoms with Crippen LogP contribution < -0.4 is 5.32 Å². The molecule has 130 valence electrons. The van der Waals surface area contributed by atoms with E-state index in [1.807, 2.05) is 36.3 Å². The zero-order valence-corrected chi connectivity index (χ0v) is 14.4. The molecular weight excluding hydrogens is 316 g/mol. The Bertz CT molecular complexity index is 856. The summed E-state index contributed by atoms with van der Waals surface area (Å²) in [6.45, 7) is 5.53. The van der Waals surface area contributed by atoms with Gasteiger partial charge in [-0.15, -0.1) is 0 Å². The Morgan fingerprint density at radius 1 is 1.08 bits per heavy atom. The van der Waals surface area contributed by atoms with Crippen LogP contribution >= 0.6 is 0 Å². The summed E-state index contributed by atoms with van der Waals surface area (Å²) >= 11 is 0. The summed E-state index contributed by atoms with van der Waals surface area (Å²) in [5, 5.41) is 7.55. The van der Waals surface area contributed by atoms with Crippen LogP contribution in [0.5, 0.6) is 0 Å². The van der Waals surface area contributed by atoms with Gasteiger partial charge in [0.25, 0.3) is 0 Å². The predicted molar refractivity (Wildman–Crippen MR) is 97.6 cm³/mol. The van der Waals surface area contributed by atoms with Gasteiger partial charge in [-0.25, -0.2) is 4.98 Å². The summed E-state index contributed by atoms with van der Waals surface area (Å²) in [7, 11) is 1.87. The van der Waals surface area contributed by atoms with Crippen LogP contribution in [-0.4, -0.2) is 64.5 Å². The zero-order valence-electron chi connectivity index (χ0n) is 14.4. The number of morpholine rings is 1. The fraction of sp³-hybridized carbons (Fsp3) is 0.389. The molecule has 4 rings (SSSR count). The van der Waals surface area contributed by atoms with E-state index in [0.29, 0.717) is 0 Å². The van der Waals surface area contributed by atoms with Crippen LogP contribution in [-0.2, 0) is 11.3 Å². The molecule has 7 nitrogen and oxygen atoms in total. The molecule has 1 aliphatic heterocycles. The number of nitrogens with zero attached hydrogens (tertiary/aromatic N) is 5. The molecule has 0 bridgehead atoms. The highest BCUT2D eigenvalue weighted by Crippen LogP contribution is 2.22. The lowest BCUT2D eigenvalue weighted by Gasteiger charge is -2.26. The molecule has 3 aromatic rings. The second-order valence-corrected chi connectivity index (χ2v) is 6.15. The lowest BCUT2D eigenvalue weighted by molar-refractivity contribution is 0.0360. The molecule has 0 saturated carbocycles. The summed E-state index contributed by atoms with van der Waals surface area (Å²) < 4.78 is 7.38. The Balaban J connectivity index is 1.49. The molecule has 0 amide bonds. The molecule has 3 aromatic heterocycles. The van der Waals surface area contributed by atoms with E-state index in [9.17, 15) is 0 Å². The Hall–Kier alpha value is -2.51. The lowest BCUT2D eigenvalue weighted by Crippen LogP contribution is -2.38. The van der Waals surface area contributed by atoms with E-state index in [4.69, 9.17) is 4.74 Å². The molecule has 0 radical (unpaired) electrons. The maximum atomic E-state index is 5.38. The van der Waals surface area contributed by atoms with E-state index in [2.05, 4.69) is 37.5 Å². The molecule has 0 aliphatic carbocycles. The first-order chi connectivity index (χ1) is 12.3. The SMILES string of the molecule is CNc1ccc2ncc(-c3cnn(CCN4CCOCC4)c3)cc2n1. The van der Waals surface area contributed by atoms with Gasteiger partial charge in [-0.3, -0.25) is 14.6 Å². The van der Waals surface area contributed by atoms with E-state index in [1.165, 1.54) is 0 Å². The second-order valence-electron chi connectivity index (χ2n) is 6.15. The Morgan fingerprint density at radius 2 is 1.96 bits per heavy atom. The smallest absolute Gasteiger partial charge is 0.126 e. The normalized spacial score (nSPS) is 15.6. The molecule has 1 saturated heterocycles. The third kappa shape index (κ3) is 3.62. The van der Waals surface area contributed by atoms with Crippen molar-refractivity contribution >= 4 is 16.9 Å². The molecule has 7 heteroatoms. The molecule has 1 fully saturated rings. The largest absolute Gasteiger partial charge is 0.379 e. The van der Waals surface area contributed by atoms with Gasteiger partial charge in [0.2, 0.25) is 0 Å². The molecule has 1 aliphatic rings. The van der Waals surface area contributed by atoms with Gasteiger partial charge in [0.1, 0.15) is 5.82 Å². The monoisotopic (exact) mass is 338 g/mol. The van der Waals surface area contributed by atoms with Crippen LogP contribution in [0.2, 0.25) is 0 Å². The average Bonchev–Trinajstić information content (AvgIpc) is 3.15. The molecule has 1 N–H and O–H groups in total. The molecule has 25 heavy (non-hydrogen) atoms. The van der Waals surface area contributed by atoms with E-state index < -0.39 is 0 Å². The van der Waals surface area contributed by atoms with Crippen LogP contribution in [0.15, 0.2) is 36.8 Å². The highest BCUT2D eigenvalue weighted by atomic mass is 16.5. The fourth-order valence-corrected chi connectivity index (χ4v) is 3.01. The average molecular weight is 338 g/mol. The minimum atomic E-state index is 0.828. The Kier molecular flexibility index (Phi) is 4.58. The van der Waals surface area contributed by atoms with E-state index in [-0.39, 0.29) is 0 Å². The maximum absolute atomic E-state index is 5.38. The molecule has 0 spiro atoms. The number of fused-ring (bicyclic) bond motifs is 1. The van der Waals surface area contributed by atoms with Gasteiger partial charge in [0.15, 0.2) is 0 Å². The summed E-state index contributed by atoms with van der Waals surface area (Å²) in [6.07, 6.45) is 5.85. The lowest BCUT2D eigenvalue weighted by atomic mass is 10.1. The summed E-state index contributed by atoms with van der Waals surface area (Å²) in [6, 6.07) is 5.97. The summed E-state index contributed by atoms with van der Waals surface area (Å²) in [5.41, 5.74) is 3.87. The van der Waals surface area contributed by atoms with Crippen molar-refractivity contribution in [2.45, 2.75) is 6.54 Å². The van der Waals surface area contributed by atoms with Crippen LogP contribution in [0.4, 0.5) is 5.82 Å². The standard InChI is InChI=1S/C18H22N6O/c1-19-18-3-2-16-17(22-18)10-14(11-20-16)15-12-21-24(13-15)5-4-23-6-8-25-9-7-23/h2-3,10-13H,4-9H2,1H3,(H,19,22). The minimum absolute atomic E-state index is 0.828. The van der Waals surface area contributed by atoms with Crippen molar-refractivity contribution in [2.75, 3.05) is 45.2 Å². The number of anilines is 1. The number of aromatic nitrogens is 4. The van der Waals surface area contributed by atoms with Crippen molar-refractivity contribution in [1.82, 2.24) is 24.6 Å². The van der Waals surface area contributed by atoms with Crippen molar-refractivity contribution in [1.29, 1.82) is 0 Å². The van der Waals surface area contributed by atoms with Crippen LogP contribution in [0, 0.1) is 0 Å². The van der Waals surface area contributed by atoms with Crippen LogP contribution in [0.3, 0.4) is 0 Å². The van der Waals surface area contributed by atoms with Crippen LogP contribution in [0.1, 0.15) is 0 Å². The van der Waals surface area contributed by atoms with Crippen LogP contribution in [0.25, 0.3) is 22.2 Å². The highest BCUT2D eigenvalue weighted by Gasteiger charge is 2.11. The molecule has 0 unspecified atom stereocenters. The highest BCUT2D eigenvalue weighted by molar-refractivity contribution is 5.81. The molecular formula is C18H22N6O. The Morgan fingerprint density at radius 3 is 2.80 bits per heavy atom. The van der Waals surface area contributed by atoms with Gasteiger partial charge >= 0.3 is 0 Å². The van der Waals surface area contributed by atoms with E-state index in [1.54, 1.807) is 0 Å². The van der Waals surface area contributed by atoms with Gasteiger partial charge in [0.05, 0.1) is 37.0 Å². The third-order valence-corrected chi connectivity index (χ3v) is 4.51. The van der Waals surface area contributed by atoms with Crippen molar-refractivity contribution in [3.05, 3.63) is 36.8 Å². The molecule has 0 aromatic carbocycles. The van der Waals surface area contributed by atoms with Gasteiger partial charge < -0.3 is 10.1 Å². The second kappa shape index (κ2) is 7.16. The van der Waals surface area contributed by atoms with Crippen molar-refractivity contribution in [3.63, 3.8) is 0 Å². The first-order valence-electron chi connectivity index (χ1n) is 8.59. The molecule has 4 heterocycles. The first-order valence-corrected chi connectivity index (χ1v) is 8.59. The van der Waals surface area contributed by atoms with Crippen molar-refractivity contribution in [2.24, 2.45) is 0 Å². The fourth-order valence-electron chi connectivity index (χ4n) is 3.01. The zero-order chi connectivity index (χ0) is 17.1. The third-order valence-electron chi connectivity index (χ3n) is 4.51. The first kappa shape index (κ1) is 16.0. The van der Waals surface area contributed by atoms with Gasteiger partial charge in [-0.2, -0.15) is 5.10 Å². The van der Waals surface area contributed by atoms with Crippen molar-refractivity contribution < 1.29 is 4.74 Å². The number of ether oxygens (including phenoxy) is 1. The number of pyridine rings is 2. The number of rotatable bonds is 5. The number of hydrogen-bond acceptors (Lipinski definition) is 6. The Labute approximate surface area is 146 Å². The predicted octanol–water partition coefficient (Wildman–Crippen LogP) is 1.87. The minimum Gasteiger partial charge on any atom is -0.379 e. The number of nitrogens with one attached hydrogen (secondary N) is 1. The van der Waals surface area contributed by atoms with Gasteiger partial charge in [-0.05, 0) is 18.2 Å². The maximum Gasteiger partial charge on any atom is 0.126 e. The van der Waals surface area contributed by atoms with Gasteiger partial charge in [0, 0.05) is 50.2 Å². The topological polar surface area (TPSA) is 68.1 Å². The van der Waals surface area contributed by atoms with Gasteiger partial charge in [-0.1, -0.05) is 0 Å². The quantitative estimate of drug-likeness (QED) is 0.766. The summed E-state index contributed by atoms with van der Waals surface area (Å²) in [5.74, 6) is 0.840. The van der Waals surface area contributed by atoms with E-state index >= 15 is 0 Å². The van der Waals surface area contributed by atoms with E-state index in [0.717, 1.165) is 67.4 Å². The van der Waals surface area contributed by atoms with Crippen molar-refractivity contribution in [3.8, 4) is 11.1 Å².